The highest BCUT2D eigenvalue weighted by Gasteiger charge is 2.22. The number of rotatable bonds is 4. The van der Waals surface area contributed by atoms with Crippen LogP contribution in [0, 0.1) is 0 Å². The fourth-order valence-corrected chi connectivity index (χ4v) is 9.51. The van der Waals surface area contributed by atoms with E-state index in [0.29, 0.717) is 0 Å². The summed E-state index contributed by atoms with van der Waals surface area (Å²) in [5, 5.41) is 7.68. The zero-order chi connectivity index (χ0) is 33.5. The molecule has 0 atom stereocenters. The van der Waals surface area contributed by atoms with Crippen LogP contribution in [0.1, 0.15) is 0 Å². The van der Waals surface area contributed by atoms with Crippen molar-refractivity contribution in [1.82, 2.24) is 9.13 Å². The Hall–Kier alpha value is -6.42. The third kappa shape index (κ3) is 4.22. The maximum atomic E-state index is 2.50. The molecule has 0 aliphatic heterocycles. The van der Waals surface area contributed by atoms with Crippen LogP contribution in [0.5, 0.6) is 0 Å². The van der Waals surface area contributed by atoms with Crippen LogP contribution in [0.4, 0.5) is 0 Å². The van der Waals surface area contributed by atoms with Crippen molar-refractivity contribution in [1.29, 1.82) is 0 Å². The van der Waals surface area contributed by atoms with Gasteiger partial charge in [0, 0.05) is 58.7 Å². The molecule has 0 amide bonds. The Labute approximate surface area is 298 Å². The Morgan fingerprint density at radius 1 is 0.353 bits per heavy atom. The molecule has 3 aromatic heterocycles. The molecular formula is C48H30N2S. The molecule has 0 aliphatic rings. The van der Waals surface area contributed by atoms with E-state index in [1.807, 2.05) is 11.3 Å². The molecule has 0 unspecified atom stereocenters. The molecule has 238 valence electrons. The molecule has 0 spiro atoms. The first-order valence-corrected chi connectivity index (χ1v) is 18.3. The second kappa shape index (κ2) is 11.0. The molecule has 3 heteroatoms. The van der Waals surface area contributed by atoms with Crippen molar-refractivity contribution in [3.8, 4) is 33.6 Å². The molecule has 0 N–H and O–H groups in total. The number of para-hydroxylation sites is 3. The standard InChI is InChI=1S/C48H30N2S/c1-3-14-31(15-4-1)32-16-13-19-35(28-32)50-43-24-11-8-21-37(43)41-30-39(48-46(47(41)50)38-22-9-12-25-45(38)51-48)33-26-27-44-40(29-33)36-20-7-10-23-42(36)49(44)34-17-5-2-6-18-34/h1-30H. The van der Waals surface area contributed by atoms with Gasteiger partial charge in [-0.15, -0.1) is 11.3 Å². The van der Waals surface area contributed by atoms with Crippen LogP contribution in [-0.2, 0) is 0 Å². The van der Waals surface area contributed by atoms with Gasteiger partial charge >= 0.3 is 0 Å². The number of aromatic nitrogens is 2. The molecule has 11 rings (SSSR count). The van der Waals surface area contributed by atoms with Crippen molar-refractivity contribution >= 4 is 75.1 Å². The van der Waals surface area contributed by atoms with Crippen molar-refractivity contribution in [2.24, 2.45) is 0 Å². The van der Waals surface area contributed by atoms with Crippen LogP contribution in [0.15, 0.2) is 182 Å². The van der Waals surface area contributed by atoms with Gasteiger partial charge in [0.25, 0.3) is 0 Å². The predicted molar refractivity (Wildman–Crippen MR) is 219 cm³/mol. The number of nitrogens with zero attached hydrogens (tertiary/aromatic N) is 2. The number of hydrogen-bond acceptors (Lipinski definition) is 1. The Kier molecular flexibility index (Phi) is 6.16. The van der Waals surface area contributed by atoms with Crippen LogP contribution in [-0.4, -0.2) is 9.13 Å². The molecular weight excluding hydrogens is 637 g/mol. The van der Waals surface area contributed by atoms with Gasteiger partial charge in [-0.05, 0) is 77.4 Å². The van der Waals surface area contributed by atoms with Gasteiger partial charge in [0.15, 0.2) is 0 Å². The van der Waals surface area contributed by atoms with Gasteiger partial charge in [-0.25, -0.2) is 0 Å². The molecule has 0 saturated heterocycles. The predicted octanol–water partition coefficient (Wildman–Crippen LogP) is 13.6. The van der Waals surface area contributed by atoms with Crippen molar-refractivity contribution < 1.29 is 0 Å². The van der Waals surface area contributed by atoms with E-state index in [1.165, 1.54) is 97.4 Å². The molecule has 0 bridgehead atoms. The summed E-state index contributed by atoms with van der Waals surface area (Å²) >= 11 is 1.90. The average Bonchev–Trinajstić information content (AvgIpc) is 3.86. The smallest absolute Gasteiger partial charge is 0.0634 e. The maximum absolute atomic E-state index is 2.50. The highest BCUT2D eigenvalue weighted by Crippen LogP contribution is 2.48. The quantitative estimate of drug-likeness (QED) is 0.177. The van der Waals surface area contributed by atoms with Gasteiger partial charge in [0.1, 0.15) is 0 Å². The van der Waals surface area contributed by atoms with Gasteiger partial charge in [-0.2, -0.15) is 0 Å². The fourth-order valence-electron chi connectivity index (χ4n) is 8.27. The van der Waals surface area contributed by atoms with Crippen molar-refractivity contribution in [3.63, 3.8) is 0 Å². The summed E-state index contributed by atoms with van der Waals surface area (Å²) < 4.78 is 7.51. The lowest BCUT2D eigenvalue weighted by Gasteiger charge is -2.13. The minimum atomic E-state index is 1.17. The number of benzene rings is 8. The Balaban J connectivity index is 1.24. The lowest BCUT2D eigenvalue weighted by molar-refractivity contribution is 1.18. The van der Waals surface area contributed by atoms with E-state index >= 15 is 0 Å². The van der Waals surface area contributed by atoms with Gasteiger partial charge in [-0.3, -0.25) is 0 Å². The van der Waals surface area contributed by atoms with Crippen molar-refractivity contribution in [2.45, 2.75) is 0 Å². The summed E-state index contributed by atoms with van der Waals surface area (Å²) in [6, 6.07) is 66.5. The van der Waals surface area contributed by atoms with Crippen LogP contribution in [0.3, 0.4) is 0 Å². The average molecular weight is 667 g/mol. The van der Waals surface area contributed by atoms with Gasteiger partial charge in [0.2, 0.25) is 0 Å². The van der Waals surface area contributed by atoms with E-state index in [0.717, 1.165) is 0 Å². The lowest BCUT2D eigenvalue weighted by Crippen LogP contribution is -1.95. The Morgan fingerprint density at radius 3 is 1.76 bits per heavy atom. The topological polar surface area (TPSA) is 9.86 Å². The first kappa shape index (κ1) is 28.4. The van der Waals surface area contributed by atoms with Gasteiger partial charge in [-0.1, -0.05) is 121 Å². The SMILES string of the molecule is c1ccc(-c2cccc(-n3c4ccccc4c4cc(-c5ccc6c(c5)c5ccccc5n6-c5ccccc5)c5sc6ccccc6c5c43)c2)cc1. The molecule has 0 aliphatic carbocycles. The molecule has 3 heterocycles. The molecule has 51 heavy (non-hydrogen) atoms. The summed E-state index contributed by atoms with van der Waals surface area (Å²) in [5.74, 6) is 0. The van der Waals surface area contributed by atoms with E-state index in [2.05, 4.69) is 191 Å². The fraction of sp³-hybridized carbons (Fsp3) is 0. The Bertz CT molecular complexity index is 3130. The monoisotopic (exact) mass is 666 g/mol. The lowest BCUT2D eigenvalue weighted by atomic mass is 9.97. The minimum Gasteiger partial charge on any atom is -0.309 e. The zero-order valence-corrected chi connectivity index (χ0v) is 28.4. The van der Waals surface area contributed by atoms with Crippen LogP contribution in [0.25, 0.3) is 97.4 Å². The summed E-state index contributed by atoms with van der Waals surface area (Å²) in [6.07, 6.45) is 0. The third-order valence-corrected chi connectivity index (χ3v) is 11.7. The molecule has 11 aromatic rings. The number of fused-ring (bicyclic) bond motifs is 10. The zero-order valence-electron chi connectivity index (χ0n) is 27.6. The van der Waals surface area contributed by atoms with Crippen LogP contribution < -0.4 is 0 Å². The number of hydrogen-bond donors (Lipinski definition) is 0. The molecule has 8 aromatic carbocycles. The van der Waals surface area contributed by atoms with Crippen LogP contribution >= 0.6 is 11.3 Å². The summed E-state index contributed by atoms with van der Waals surface area (Å²) in [6.45, 7) is 0. The van der Waals surface area contributed by atoms with E-state index in [-0.39, 0.29) is 0 Å². The van der Waals surface area contributed by atoms with Crippen molar-refractivity contribution in [3.05, 3.63) is 182 Å². The highest BCUT2D eigenvalue weighted by molar-refractivity contribution is 7.26. The molecule has 0 saturated carbocycles. The largest absolute Gasteiger partial charge is 0.309 e. The summed E-state index contributed by atoms with van der Waals surface area (Å²) in [5.41, 5.74) is 12.2. The second-order valence-electron chi connectivity index (χ2n) is 13.3. The van der Waals surface area contributed by atoms with Crippen LogP contribution in [0.2, 0.25) is 0 Å². The normalized spacial score (nSPS) is 11.9. The number of thiophene rings is 1. The highest BCUT2D eigenvalue weighted by atomic mass is 32.1. The first-order valence-electron chi connectivity index (χ1n) is 17.4. The first-order chi connectivity index (χ1) is 25.3. The molecule has 0 radical (unpaired) electrons. The molecule has 2 nitrogen and oxygen atoms in total. The van der Waals surface area contributed by atoms with Gasteiger partial charge < -0.3 is 9.13 Å². The summed E-state index contributed by atoms with van der Waals surface area (Å²) in [7, 11) is 0. The minimum absolute atomic E-state index is 1.17. The van der Waals surface area contributed by atoms with E-state index in [1.54, 1.807) is 0 Å². The van der Waals surface area contributed by atoms with E-state index < -0.39 is 0 Å². The molecule has 0 fully saturated rings. The van der Waals surface area contributed by atoms with E-state index in [9.17, 15) is 0 Å². The third-order valence-electron chi connectivity index (χ3n) is 10.5. The van der Waals surface area contributed by atoms with E-state index in [4.69, 9.17) is 0 Å². The maximum Gasteiger partial charge on any atom is 0.0634 e. The Morgan fingerprint density at radius 2 is 0.961 bits per heavy atom. The van der Waals surface area contributed by atoms with Crippen molar-refractivity contribution in [2.75, 3.05) is 0 Å². The van der Waals surface area contributed by atoms with Gasteiger partial charge in [0.05, 0.1) is 22.1 Å². The summed E-state index contributed by atoms with van der Waals surface area (Å²) in [4.78, 5) is 0. The second-order valence-corrected chi connectivity index (χ2v) is 14.4.